The Bertz CT molecular complexity index is 1520. The van der Waals surface area contributed by atoms with Crippen molar-refractivity contribution < 1.29 is 23.1 Å². The number of carbonyl (C=O) groups excluding carboxylic acids is 2. The minimum atomic E-state index is -3.04. The smallest absolute Gasteiger partial charge is 0.298 e. The Balaban J connectivity index is 1.36. The number of amides is 2. The molecule has 0 saturated carbocycles. The van der Waals surface area contributed by atoms with Gasteiger partial charge in [-0.3, -0.25) is 19.8 Å². The van der Waals surface area contributed by atoms with Gasteiger partial charge in [-0.2, -0.15) is 0 Å². The van der Waals surface area contributed by atoms with E-state index in [4.69, 9.17) is 9.72 Å². The zero-order valence-electron chi connectivity index (χ0n) is 25.2. The van der Waals surface area contributed by atoms with Crippen LogP contribution < -0.4 is 15.0 Å². The lowest BCUT2D eigenvalue weighted by atomic mass is 10.1. The van der Waals surface area contributed by atoms with E-state index in [1.807, 2.05) is 21.6 Å². The summed E-state index contributed by atoms with van der Waals surface area (Å²) in [7, 11) is 1.62. The molecule has 3 aliphatic heterocycles. The summed E-state index contributed by atoms with van der Waals surface area (Å²) in [6, 6.07) is 12.0. The number of hydrogen-bond donors (Lipinski definition) is 1. The first kappa shape index (κ1) is 30.1. The summed E-state index contributed by atoms with van der Waals surface area (Å²) in [5.41, 5.74) is 2.12. The average Bonchev–Trinajstić information content (AvgIpc) is 3.13. The van der Waals surface area contributed by atoms with Crippen molar-refractivity contribution >= 4 is 34.5 Å². The van der Waals surface area contributed by atoms with Gasteiger partial charge in [-0.1, -0.05) is 30.7 Å². The van der Waals surface area contributed by atoms with E-state index in [1.165, 1.54) is 24.2 Å². The van der Waals surface area contributed by atoms with Crippen LogP contribution in [0.1, 0.15) is 54.9 Å². The first-order valence-electron chi connectivity index (χ1n) is 15.6. The van der Waals surface area contributed by atoms with Gasteiger partial charge in [-0.15, -0.1) is 0 Å². The van der Waals surface area contributed by atoms with Crippen molar-refractivity contribution in [3.05, 3.63) is 60.2 Å². The summed E-state index contributed by atoms with van der Waals surface area (Å²) in [5, 5.41) is 2.98. The molecule has 0 radical (unpaired) electrons. The number of halogens is 2. The lowest BCUT2D eigenvalue weighted by molar-refractivity contribution is -0.126. The third-order valence-corrected chi connectivity index (χ3v) is 8.73. The van der Waals surface area contributed by atoms with Crippen molar-refractivity contribution in [2.45, 2.75) is 50.5 Å². The van der Waals surface area contributed by atoms with Gasteiger partial charge < -0.3 is 19.1 Å². The lowest BCUT2D eigenvalue weighted by Gasteiger charge is -2.28. The predicted octanol–water partition coefficient (Wildman–Crippen LogP) is 5.35. The molecule has 0 bridgehead atoms. The summed E-state index contributed by atoms with van der Waals surface area (Å²) < 4.78 is 36.8. The molecule has 1 unspecified atom stereocenters. The second kappa shape index (κ2) is 12.9. The van der Waals surface area contributed by atoms with E-state index in [-0.39, 0.29) is 17.9 Å². The van der Waals surface area contributed by atoms with Crippen LogP contribution in [0.25, 0.3) is 11.0 Å². The summed E-state index contributed by atoms with van der Waals surface area (Å²) in [4.78, 5) is 37.3. The minimum Gasteiger partial charge on any atom is -0.485 e. The summed E-state index contributed by atoms with van der Waals surface area (Å²) in [6.07, 6.45) is 9.71. The highest BCUT2D eigenvalue weighted by Crippen LogP contribution is 2.43. The van der Waals surface area contributed by atoms with E-state index in [2.05, 4.69) is 10.2 Å². The molecule has 1 atom stereocenters. The number of alkyl halides is 2. The monoisotopic (exact) mass is 606 g/mol. The molecule has 234 valence electrons. The molecule has 2 amide bonds. The van der Waals surface area contributed by atoms with Gasteiger partial charge in [-0.25, -0.2) is 13.8 Å². The summed E-state index contributed by atoms with van der Waals surface area (Å²) in [5.74, 6) is -2.77. The van der Waals surface area contributed by atoms with Crippen molar-refractivity contribution in [1.29, 1.82) is 0 Å². The number of aromatic nitrogens is 2. The Morgan fingerprint density at radius 2 is 1.82 bits per heavy atom. The van der Waals surface area contributed by atoms with Crippen molar-refractivity contribution in [3.8, 4) is 5.75 Å². The van der Waals surface area contributed by atoms with Crippen molar-refractivity contribution in [1.82, 2.24) is 19.4 Å². The van der Waals surface area contributed by atoms with E-state index in [0.717, 1.165) is 38.9 Å². The van der Waals surface area contributed by atoms with Gasteiger partial charge in [0.2, 0.25) is 11.9 Å². The Hall–Kier alpha value is -3.99. The number of imidazole rings is 1. The topological polar surface area (TPSA) is 82.9 Å². The highest BCUT2D eigenvalue weighted by Gasteiger charge is 2.38. The van der Waals surface area contributed by atoms with Gasteiger partial charge in [0.05, 0.1) is 23.6 Å². The van der Waals surface area contributed by atoms with Gasteiger partial charge in [0, 0.05) is 38.3 Å². The molecule has 44 heavy (non-hydrogen) atoms. The average molecular weight is 607 g/mol. The normalized spacial score (nSPS) is 21.0. The fraction of sp³-hybridized carbons (Fsp3) is 0.485. The SMILES string of the molecule is CN1CC(F)(F)COc2ccc3nc(NC(=O)c4ccccc4)n(C4CCCCN(C(=O)/C=C/CN5CCCCC5)C4)c3c21. The molecule has 0 spiro atoms. The molecular weight excluding hydrogens is 566 g/mol. The molecule has 1 aromatic heterocycles. The zero-order valence-corrected chi connectivity index (χ0v) is 25.2. The molecule has 0 aliphatic carbocycles. The third-order valence-electron chi connectivity index (χ3n) is 8.73. The fourth-order valence-electron chi connectivity index (χ4n) is 6.58. The summed E-state index contributed by atoms with van der Waals surface area (Å²) >= 11 is 0. The molecule has 1 N–H and O–H groups in total. The van der Waals surface area contributed by atoms with Crippen LogP contribution in [0.2, 0.25) is 0 Å². The number of likely N-dealkylation sites (tertiary alicyclic amines) is 2. The van der Waals surface area contributed by atoms with Crippen LogP contribution in [0, 0.1) is 0 Å². The van der Waals surface area contributed by atoms with Crippen LogP contribution >= 0.6 is 0 Å². The highest BCUT2D eigenvalue weighted by atomic mass is 19.3. The van der Waals surface area contributed by atoms with Gasteiger partial charge in [0.15, 0.2) is 6.61 Å². The van der Waals surface area contributed by atoms with Crippen LogP contribution in [0.15, 0.2) is 54.6 Å². The van der Waals surface area contributed by atoms with E-state index in [1.54, 1.807) is 49.5 Å². The fourth-order valence-corrected chi connectivity index (χ4v) is 6.58. The number of benzene rings is 2. The first-order valence-corrected chi connectivity index (χ1v) is 15.6. The van der Waals surface area contributed by atoms with Crippen LogP contribution in [-0.2, 0) is 4.79 Å². The van der Waals surface area contributed by atoms with Crippen molar-refractivity contribution in [3.63, 3.8) is 0 Å². The predicted molar refractivity (Wildman–Crippen MR) is 167 cm³/mol. The maximum atomic E-state index is 14.6. The maximum absolute atomic E-state index is 14.6. The van der Waals surface area contributed by atoms with Gasteiger partial charge in [0.1, 0.15) is 11.4 Å². The molecule has 2 fully saturated rings. The van der Waals surface area contributed by atoms with E-state index >= 15 is 0 Å². The number of fused-ring (bicyclic) bond motifs is 3. The van der Waals surface area contributed by atoms with Crippen LogP contribution in [0.4, 0.5) is 20.4 Å². The second-order valence-electron chi connectivity index (χ2n) is 12.1. The van der Waals surface area contributed by atoms with E-state index in [0.29, 0.717) is 47.1 Å². The number of nitrogens with zero attached hydrogens (tertiary/aromatic N) is 5. The van der Waals surface area contributed by atoms with E-state index in [9.17, 15) is 18.4 Å². The minimum absolute atomic E-state index is 0.0490. The van der Waals surface area contributed by atoms with Crippen molar-refractivity contribution in [2.75, 3.05) is 63.1 Å². The Kier molecular flexibility index (Phi) is 8.83. The van der Waals surface area contributed by atoms with Gasteiger partial charge in [0.25, 0.3) is 11.8 Å². The Labute approximate surface area is 256 Å². The molecule has 6 rings (SSSR count). The van der Waals surface area contributed by atoms with Crippen LogP contribution in [0.3, 0.4) is 0 Å². The highest BCUT2D eigenvalue weighted by molar-refractivity contribution is 6.05. The van der Waals surface area contributed by atoms with E-state index < -0.39 is 19.1 Å². The van der Waals surface area contributed by atoms with Crippen LogP contribution in [0.5, 0.6) is 5.75 Å². The molecule has 4 heterocycles. The molecule has 3 aliphatic rings. The number of rotatable bonds is 6. The first-order chi connectivity index (χ1) is 21.3. The molecule has 2 saturated heterocycles. The second-order valence-corrected chi connectivity index (χ2v) is 12.1. The molecule has 2 aromatic carbocycles. The molecule has 11 heteroatoms. The quantitative estimate of drug-likeness (QED) is 0.381. The van der Waals surface area contributed by atoms with Crippen molar-refractivity contribution in [2.24, 2.45) is 0 Å². The lowest BCUT2D eigenvalue weighted by Crippen LogP contribution is -2.37. The van der Waals surface area contributed by atoms with Crippen LogP contribution in [-0.4, -0.2) is 90.0 Å². The van der Waals surface area contributed by atoms with Gasteiger partial charge in [-0.05, 0) is 69.5 Å². The molecule has 9 nitrogen and oxygen atoms in total. The maximum Gasteiger partial charge on any atom is 0.298 e. The number of piperidine rings is 1. The third kappa shape index (κ3) is 6.57. The Morgan fingerprint density at radius 3 is 2.61 bits per heavy atom. The Morgan fingerprint density at radius 1 is 1.05 bits per heavy atom. The number of ether oxygens (including phenoxy) is 1. The summed E-state index contributed by atoms with van der Waals surface area (Å²) in [6.45, 7) is 2.65. The number of anilines is 2. The molecule has 3 aromatic rings. The standard InChI is InChI=1S/C33H40F2N6O3/c1-38-22-33(34,35)23-44-27-16-15-26-29(30(27)38)41(32(36-26)37-31(43)24-11-4-2-5-12-24)25-13-6-9-20-40(21-25)28(42)14-10-19-39-17-7-3-8-18-39/h2,4-5,10-12,14-16,25H,3,6-9,13,17-23H2,1H3,(H,36,37,43)/b14-10+. The number of hydrogen-bond acceptors (Lipinski definition) is 6. The largest absolute Gasteiger partial charge is 0.485 e. The zero-order chi connectivity index (χ0) is 30.7. The number of carbonyl (C=O) groups is 2. The molecular formula is C33H40F2N6O3. The number of nitrogens with one attached hydrogen (secondary N) is 1. The van der Waals surface area contributed by atoms with Gasteiger partial charge >= 0.3 is 0 Å².